The molecule has 0 radical (unpaired) electrons. The Bertz CT molecular complexity index is 344. The van der Waals surface area contributed by atoms with E-state index in [2.05, 4.69) is 5.10 Å². The van der Waals surface area contributed by atoms with Gasteiger partial charge in [0.05, 0.1) is 0 Å². The average Bonchev–Trinajstić information content (AvgIpc) is 2.28. The molecule has 4 nitrogen and oxygen atoms in total. The van der Waals surface area contributed by atoms with Crippen LogP contribution >= 0.6 is 11.6 Å². The van der Waals surface area contributed by atoms with E-state index in [9.17, 15) is 4.79 Å². The maximum absolute atomic E-state index is 10.8. The summed E-state index contributed by atoms with van der Waals surface area (Å²) in [7, 11) is 1.63. The lowest BCUT2D eigenvalue weighted by molar-refractivity contribution is 0.0688. The highest BCUT2D eigenvalue weighted by Gasteiger charge is 2.21. The molecule has 13 heavy (non-hydrogen) atoms. The molecule has 0 spiro atoms. The first-order valence-corrected chi connectivity index (χ1v) is 4.28. The third-order valence-corrected chi connectivity index (χ3v) is 2.24. The average molecular weight is 203 g/mol. The first kappa shape index (κ1) is 10.1. The van der Waals surface area contributed by atoms with Gasteiger partial charge in [-0.25, -0.2) is 4.79 Å². The highest BCUT2D eigenvalue weighted by molar-refractivity contribution is 6.30. The van der Waals surface area contributed by atoms with Crippen LogP contribution in [-0.2, 0) is 7.05 Å². The Morgan fingerprint density at radius 3 is 2.46 bits per heavy atom. The smallest absolute Gasteiger partial charge is 0.356 e. The minimum Gasteiger partial charge on any atom is -0.476 e. The van der Waals surface area contributed by atoms with E-state index in [4.69, 9.17) is 16.7 Å². The van der Waals surface area contributed by atoms with Crippen LogP contribution in [0, 0.1) is 0 Å². The van der Waals surface area contributed by atoms with Crippen LogP contribution in [0.1, 0.15) is 35.8 Å². The molecule has 0 saturated heterocycles. The van der Waals surface area contributed by atoms with Gasteiger partial charge in [-0.2, -0.15) is 5.10 Å². The Balaban J connectivity index is 3.35. The van der Waals surface area contributed by atoms with Gasteiger partial charge in [0, 0.05) is 12.6 Å². The van der Waals surface area contributed by atoms with Crippen molar-refractivity contribution in [3.05, 3.63) is 16.4 Å². The van der Waals surface area contributed by atoms with E-state index in [0.717, 1.165) is 0 Å². The molecule has 0 unspecified atom stereocenters. The Morgan fingerprint density at radius 1 is 1.62 bits per heavy atom. The van der Waals surface area contributed by atoms with E-state index < -0.39 is 5.97 Å². The molecular weight excluding hydrogens is 192 g/mol. The molecule has 1 N–H and O–H groups in total. The number of aryl methyl sites for hydroxylation is 1. The number of rotatable bonds is 2. The number of carboxylic acid groups (broad SMARTS) is 1. The summed E-state index contributed by atoms with van der Waals surface area (Å²) in [6.45, 7) is 3.77. The number of nitrogens with zero attached hydrogens (tertiary/aromatic N) is 2. The summed E-state index contributed by atoms with van der Waals surface area (Å²) in [5, 5.41) is 13.0. The number of aromatic nitrogens is 2. The monoisotopic (exact) mass is 202 g/mol. The van der Waals surface area contributed by atoms with Crippen LogP contribution in [0.3, 0.4) is 0 Å². The molecule has 1 rings (SSSR count). The van der Waals surface area contributed by atoms with Gasteiger partial charge in [-0.15, -0.1) is 0 Å². The van der Waals surface area contributed by atoms with Crippen molar-refractivity contribution in [3.8, 4) is 0 Å². The normalized spacial score (nSPS) is 10.8. The molecule has 0 amide bonds. The van der Waals surface area contributed by atoms with Crippen molar-refractivity contribution in [2.45, 2.75) is 19.8 Å². The fourth-order valence-electron chi connectivity index (χ4n) is 1.19. The fourth-order valence-corrected chi connectivity index (χ4v) is 1.53. The molecule has 0 aliphatic rings. The van der Waals surface area contributed by atoms with E-state index >= 15 is 0 Å². The highest BCUT2D eigenvalue weighted by Crippen LogP contribution is 2.26. The van der Waals surface area contributed by atoms with Crippen molar-refractivity contribution < 1.29 is 9.90 Å². The zero-order chi connectivity index (χ0) is 10.2. The summed E-state index contributed by atoms with van der Waals surface area (Å²) >= 11 is 5.89. The van der Waals surface area contributed by atoms with Crippen molar-refractivity contribution in [3.63, 3.8) is 0 Å². The molecule has 1 aromatic rings. The lowest BCUT2D eigenvalue weighted by atomic mass is 10.0. The number of hydrogen-bond acceptors (Lipinski definition) is 2. The third-order valence-electron chi connectivity index (χ3n) is 1.79. The summed E-state index contributed by atoms with van der Waals surface area (Å²) in [6.07, 6.45) is 0. The van der Waals surface area contributed by atoms with Crippen molar-refractivity contribution in [1.29, 1.82) is 0 Å². The predicted octanol–water partition coefficient (Wildman–Crippen LogP) is 1.90. The van der Waals surface area contributed by atoms with E-state index in [0.29, 0.717) is 10.7 Å². The number of halogens is 1. The maximum Gasteiger partial charge on any atom is 0.356 e. The Labute approximate surface area is 81.1 Å². The van der Waals surface area contributed by atoms with Crippen molar-refractivity contribution >= 4 is 17.6 Å². The SMILES string of the molecule is CC(C)c1c(C(=O)O)nn(C)c1Cl. The van der Waals surface area contributed by atoms with Gasteiger partial charge < -0.3 is 5.11 Å². The lowest BCUT2D eigenvalue weighted by Gasteiger charge is -2.02. The van der Waals surface area contributed by atoms with Crippen LogP contribution in [0.4, 0.5) is 0 Å². The van der Waals surface area contributed by atoms with Crippen molar-refractivity contribution in [1.82, 2.24) is 9.78 Å². The van der Waals surface area contributed by atoms with E-state index in [1.165, 1.54) is 4.68 Å². The Morgan fingerprint density at radius 2 is 2.15 bits per heavy atom. The van der Waals surface area contributed by atoms with Gasteiger partial charge in [-0.05, 0) is 5.92 Å². The molecule has 72 valence electrons. The number of carbonyl (C=O) groups is 1. The zero-order valence-corrected chi connectivity index (χ0v) is 8.46. The van der Waals surface area contributed by atoms with Gasteiger partial charge in [-0.1, -0.05) is 25.4 Å². The standard InChI is InChI=1S/C8H11ClN2O2/c1-4(2)5-6(8(12)13)10-11(3)7(5)9/h4H,1-3H3,(H,12,13). The van der Waals surface area contributed by atoms with E-state index in [1.807, 2.05) is 13.8 Å². The second-order valence-electron chi connectivity index (χ2n) is 3.14. The molecule has 0 atom stereocenters. The number of aromatic carboxylic acids is 1. The van der Waals surface area contributed by atoms with Gasteiger partial charge in [0.2, 0.25) is 0 Å². The first-order valence-electron chi connectivity index (χ1n) is 3.90. The van der Waals surface area contributed by atoms with Crippen LogP contribution in [-0.4, -0.2) is 20.9 Å². The summed E-state index contributed by atoms with van der Waals surface area (Å²) < 4.78 is 1.38. The van der Waals surface area contributed by atoms with Crippen molar-refractivity contribution in [2.75, 3.05) is 0 Å². The van der Waals surface area contributed by atoms with E-state index in [-0.39, 0.29) is 11.6 Å². The quantitative estimate of drug-likeness (QED) is 0.797. The fraction of sp³-hybridized carbons (Fsp3) is 0.500. The molecule has 0 bridgehead atoms. The summed E-state index contributed by atoms with van der Waals surface area (Å²) in [4.78, 5) is 10.8. The van der Waals surface area contributed by atoms with E-state index in [1.54, 1.807) is 7.05 Å². The topological polar surface area (TPSA) is 55.1 Å². The van der Waals surface area contributed by atoms with Crippen LogP contribution in [0.15, 0.2) is 0 Å². The van der Waals surface area contributed by atoms with Gasteiger partial charge >= 0.3 is 5.97 Å². The molecule has 0 saturated carbocycles. The highest BCUT2D eigenvalue weighted by atomic mass is 35.5. The summed E-state index contributed by atoms with van der Waals surface area (Å²) in [5.74, 6) is -0.974. The number of carboxylic acids is 1. The molecule has 0 aliphatic carbocycles. The molecule has 1 aromatic heterocycles. The Hall–Kier alpha value is -1.03. The van der Waals surface area contributed by atoms with Crippen LogP contribution in [0.2, 0.25) is 5.15 Å². The minimum atomic E-state index is -1.04. The molecule has 1 heterocycles. The van der Waals surface area contributed by atoms with Crippen LogP contribution in [0.25, 0.3) is 0 Å². The molecule has 0 aliphatic heterocycles. The van der Waals surface area contributed by atoms with Crippen LogP contribution in [0.5, 0.6) is 0 Å². The van der Waals surface area contributed by atoms with Gasteiger partial charge in [0.1, 0.15) is 5.15 Å². The maximum atomic E-state index is 10.8. The van der Waals surface area contributed by atoms with Crippen molar-refractivity contribution in [2.24, 2.45) is 7.05 Å². The summed E-state index contributed by atoms with van der Waals surface area (Å²) in [6, 6.07) is 0. The van der Waals surface area contributed by atoms with Gasteiger partial charge in [0.15, 0.2) is 5.69 Å². The zero-order valence-electron chi connectivity index (χ0n) is 7.71. The van der Waals surface area contributed by atoms with Gasteiger partial charge in [0.25, 0.3) is 0 Å². The summed E-state index contributed by atoms with van der Waals surface area (Å²) in [5.41, 5.74) is 0.638. The van der Waals surface area contributed by atoms with Gasteiger partial charge in [-0.3, -0.25) is 4.68 Å². The Kier molecular flexibility index (Phi) is 2.61. The molecule has 0 fully saturated rings. The third kappa shape index (κ3) is 1.67. The second kappa shape index (κ2) is 3.38. The minimum absolute atomic E-state index is 0.0440. The number of hydrogen-bond donors (Lipinski definition) is 1. The largest absolute Gasteiger partial charge is 0.476 e. The molecule has 0 aromatic carbocycles. The second-order valence-corrected chi connectivity index (χ2v) is 3.49. The predicted molar refractivity (Wildman–Crippen MR) is 49.3 cm³/mol. The lowest BCUT2D eigenvalue weighted by Crippen LogP contribution is -2.03. The first-order chi connectivity index (χ1) is 5.95. The molecule has 5 heteroatoms. The van der Waals surface area contributed by atoms with Crippen LogP contribution < -0.4 is 0 Å². The molecular formula is C8H11ClN2O2.